The molecule has 1 aromatic carbocycles. The van der Waals surface area contributed by atoms with Gasteiger partial charge in [-0.1, -0.05) is 64.8 Å². The molecular formula is C31H50N8O3S. The van der Waals surface area contributed by atoms with E-state index in [1.165, 1.54) is 17.0 Å². The van der Waals surface area contributed by atoms with E-state index in [-0.39, 0.29) is 34.7 Å². The number of methoxy groups -OCH3 is 1. The summed E-state index contributed by atoms with van der Waals surface area (Å²) in [6, 6.07) is 3.96. The third-order valence-electron chi connectivity index (χ3n) is 6.88. The number of hydrogen-bond acceptors (Lipinski definition) is 10. The lowest BCUT2D eigenvalue weighted by Gasteiger charge is -2.29. The molecule has 0 atom stereocenters. The average molecular weight is 615 g/mol. The van der Waals surface area contributed by atoms with Crippen molar-refractivity contribution >= 4 is 35.1 Å². The first-order chi connectivity index (χ1) is 19.9. The Kier molecular flexibility index (Phi) is 12.2. The van der Waals surface area contributed by atoms with Gasteiger partial charge >= 0.3 is 0 Å². The first kappa shape index (κ1) is 35.6. The van der Waals surface area contributed by atoms with E-state index in [1.807, 2.05) is 39.4 Å². The van der Waals surface area contributed by atoms with E-state index < -0.39 is 5.91 Å². The quantitative estimate of drug-likeness (QED) is 0.0884. The Morgan fingerprint density at radius 2 is 1.70 bits per heavy atom. The number of carbonyl (C=O) groups excluding carboxylic acids is 2. The van der Waals surface area contributed by atoms with E-state index in [9.17, 15) is 9.59 Å². The standard InChI is InChI=1S/C31H50N8O3S/c1-19-11-12-20(28(40)36-22-15-21(30(2,3)4)16-23(37-43-10)26(22)42-9)13-14-24(19)39(34)27(33)25(32)29(41)35-17-31(5,6)18-38(7)8/h11-12,14-16,37H,13,17-18,32-34H2,1-10H3,(H,35,41)(H,36,40)/b27-25-. The summed E-state index contributed by atoms with van der Waals surface area (Å²) < 4.78 is 8.92. The van der Waals surface area contributed by atoms with Crippen LogP contribution in [0.2, 0.25) is 0 Å². The number of amides is 2. The summed E-state index contributed by atoms with van der Waals surface area (Å²) in [7, 11) is 5.52. The number of anilines is 2. The summed E-state index contributed by atoms with van der Waals surface area (Å²) in [6.45, 7) is 13.5. The monoisotopic (exact) mass is 614 g/mol. The van der Waals surface area contributed by atoms with Crippen molar-refractivity contribution in [3.8, 4) is 5.75 Å². The number of nitrogens with zero attached hydrogens (tertiary/aromatic N) is 2. The Bertz CT molecular complexity index is 1320. The van der Waals surface area contributed by atoms with E-state index in [2.05, 4.69) is 54.9 Å². The molecule has 0 radical (unpaired) electrons. The van der Waals surface area contributed by atoms with Crippen LogP contribution in [0.5, 0.6) is 5.75 Å². The predicted molar refractivity (Wildman–Crippen MR) is 179 cm³/mol. The summed E-state index contributed by atoms with van der Waals surface area (Å²) >= 11 is 1.44. The van der Waals surface area contributed by atoms with E-state index in [1.54, 1.807) is 25.3 Å². The summed E-state index contributed by atoms with van der Waals surface area (Å²) in [5.41, 5.74) is 16.0. The normalized spacial score (nSPS) is 14.6. The fourth-order valence-electron chi connectivity index (χ4n) is 4.67. The molecule has 43 heavy (non-hydrogen) atoms. The molecule has 0 aromatic heterocycles. The molecule has 0 aliphatic heterocycles. The van der Waals surface area contributed by atoms with Gasteiger partial charge in [0, 0.05) is 24.9 Å². The van der Waals surface area contributed by atoms with Crippen LogP contribution in [0.25, 0.3) is 0 Å². The van der Waals surface area contributed by atoms with Crippen molar-refractivity contribution in [3.05, 3.63) is 64.3 Å². The first-order valence-electron chi connectivity index (χ1n) is 14.1. The Balaban J connectivity index is 2.27. The highest BCUT2D eigenvalue weighted by molar-refractivity contribution is 7.99. The lowest BCUT2D eigenvalue weighted by molar-refractivity contribution is -0.118. The van der Waals surface area contributed by atoms with Crippen LogP contribution in [0, 0.1) is 5.41 Å². The number of carbonyl (C=O) groups is 2. The van der Waals surface area contributed by atoms with Gasteiger partial charge in [0.1, 0.15) is 11.5 Å². The molecule has 0 spiro atoms. The third-order valence-corrected chi connectivity index (χ3v) is 7.30. The number of benzene rings is 1. The summed E-state index contributed by atoms with van der Waals surface area (Å²) in [5, 5.41) is 7.05. The SMILES string of the molecule is COc1c(NSC)cc(C(C)(C)C)cc1NC(=O)C1=CC=C(C)C(N(N)/C(N)=C(\N)C(=O)NCC(C)(C)CN(C)C)=CC1. The van der Waals surface area contributed by atoms with Crippen molar-refractivity contribution in [3.63, 3.8) is 0 Å². The molecule has 238 valence electrons. The van der Waals surface area contributed by atoms with E-state index >= 15 is 0 Å². The predicted octanol–water partition coefficient (Wildman–Crippen LogP) is 3.75. The summed E-state index contributed by atoms with van der Waals surface area (Å²) in [6.07, 6.45) is 7.49. The Labute approximate surface area is 261 Å². The number of rotatable bonds is 12. The molecular weight excluding hydrogens is 564 g/mol. The molecule has 12 heteroatoms. The molecule has 2 amide bonds. The molecule has 0 heterocycles. The van der Waals surface area contributed by atoms with Gasteiger partial charge in [-0.15, -0.1) is 0 Å². The highest BCUT2D eigenvalue weighted by atomic mass is 32.2. The number of hydrogen-bond donors (Lipinski definition) is 6. The van der Waals surface area contributed by atoms with Crippen LogP contribution in [0.1, 0.15) is 53.5 Å². The minimum absolute atomic E-state index is 0.0904. The molecule has 2 rings (SSSR count). The molecule has 1 aliphatic carbocycles. The van der Waals surface area contributed by atoms with Gasteiger partial charge in [-0.25, -0.2) is 5.84 Å². The minimum atomic E-state index is -0.504. The summed E-state index contributed by atoms with van der Waals surface area (Å²) in [4.78, 5) is 28.3. The number of hydrazine groups is 1. The van der Waals surface area contributed by atoms with E-state index in [0.29, 0.717) is 29.3 Å². The molecule has 11 nitrogen and oxygen atoms in total. The van der Waals surface area contributed by atoms with Gasteiger partial charge in [-0.2, -0.15) is 0 Å². The van der Waals surface area contributed by atoms with Gasteiger partial charge in [0.15, 0.2) is 5.75 Å². The maximum atomic E-state index is 13.5. The van der Waals surface area contributed by atoms with Gasteiger partial charge in [0.05, 0.1) is 24.2 Å². The fourth-order valence-corrected chi connectivity index (χ4v) is 5.04. The third kappa shape index (κ3) is 9.70. The number of ether oxygens (including phenoxy) is 1. The average Bonchev–Trinajstić information content (AvgIpc) is 3.10. The highest BCUT2D eigenvalue weighted by Crippen LogP contribution is 2.40. The van der Waals surface area contributed by atoms with Crippen LogP contribution in [-0.2, 0) is 15.0 Å². The number of nitrogens with two attached hydrogens (primary N) is 3. The van der Waals surface area contributed by atoms with Crippen molar-refractivity contribution in [2.75, 3.05) is 50.6 Å². The van der Waals surface area contributed by atoms with Crippen LogP contribution in [0.3, 0.4) is 0 Å². The van der Waals surface area contributed by atoms with Crippen LogP contribution in [0.15, 0.2) is 58.7 Å². The molecule has 9 N–H and O–H groups in total. The number of nitrogens with one attached hydrogen (secondary N) is 3. The summed E-state index contributed by atoms with van der Waals surface area (Å²) in [5.74, 6) is 6.01. The van der Waals surface area contributed by atoms with Crippen LogP contribution < -0.4 is 37.4 Å². The Morgan fingerprint density at radius 1 is 1.07 bits per heavy atom. The Hall–Kier alpha value is -3.61. The van der Waals surface area contributed by atoms with Crippen molar-refractivity contribution < 1.29 is 14.3 Å². The molecule has 0 bridgehead atoms. The first-order valence-corrected chi connectivity index (χ1v) is 15.3. The number of allylic oxidation sites excluding steroid dienone is 4. The van der Waals surface area contributed by atoms with Crippen molar-refractivity contribution in [1.29, 1.82) is 0 Å². The van der Waals surface area contributed by atoms with E-state index in [4.69, 9.17) is 22.0 Å². The molecule has 0 saturated carbocycles. The topological polar surface area (TPSA) is 164 Å². The van der Waals surface area contributed by atoms with Gasteiger partial charge in [-0.05, 0) is 61.5 Å². The zero-order valence-corrected chi connectivity index (χ0v) is 28.1. The lowest BCUT2D eigenvalue weighted by Crippen LogP contribution is -2.44. The second-order valence-electron chi connectivity index (χ2n) is 12.7. The van der Waals surface area contributed by atoms with Crippen molar-refractivity contribution in [2.45, 2.75) is 53.4 Å². The lowest BCUT2D eigenvalue weighted by atomic mass is 9.86. The molecule has 0 fully saturated rings. The smallest absolute Gasteiger partial charge is 0.270 e. The molecule has 0 saturated heterocycles. The maximum Gasteiger partial charge on any atom is 0.270 e. The van der Waals surface area contributed by atoms with Gasteiger partial charge in [0.25, 0.3) is 11.8 Å². The van der Waals surface area contributed by atoms with Gasteiger partial charge in [-0.3, -0.25) is 14.6 Å². The van der Waals surface area contributed by atoms with Crippen LogP contribution in [-0.4, -0.2) is 62.3 Å². The second kappa shape index (κ2) is 14.7. The van der Waals surface area contributed by atoms with Crippen LogP contribution in [0.4, 0.5) is 11.4 Å². The van der Waals surface area contributed by atoms with Crippen molar-refractivity contribution in [2.24, 2.45) is 22.7 Å². The van der Waals surface area contributed by atoms with Crippen molar-refractivity contribution in [1.82, 2.24) is 15.2 Å². The molecule has 0 unspecified atom stereocenters. The van der Waals surface area contributed by atoms with Gasteiger partial charge in [0.2, 0.25) is 0 Å². The minimum Gasteiger partial charge on any atom is -0.492 e. The van der Waals surface area contributed by atoms with Gasteiger partial charge < -0.3 is 36.5 Å². The zero-order valence-electron chi connectivity index (χ0n) is 27.3. The molecule has 1 aliphatic rings. The van der Waals surface area contributed by atoms with Crippen LogP contribution >= 0.6 is 11.9 Å². The zero-order chi connectivity index (χ0) is 32.7. The molecule has 1 aromatic rings. The highest BCUT2D eigenvalue weighted by Gasteiger charge is 2.24. The largest absolute Gasteiger partial charge is 0.492 e. The second-order valence-corrected chi connectivity index (χ2v) is 13.3. The fraction of sp³-hybridized carbons (Fsp3) is 0.484. The van der Waals surface area contributed by atoms with E-state index in [0.717, 1.165) is 23.4 Å². The Morgan fingerprint density at radius 3 is 2.26 bits per heavy atom. The maximum absolute atomic E-state index is 13.5.